The molecule has 0 aliphatic rings. The highest BCUT2D eigenvalue weighted by Gasteiger charge is 2.04. The van der Waals surface area contributed by atoms with Crippen molar-refractivity contribution in [2.45, 2.75) is 27.2 Å². The SMILES string of the molecule is CCC=CC(C)=C=CC(=C(C)c1ccccc1)c1ccccc1. The van der Waals surface area contributed by atoms with Crippen LogP contribution in [0.5, 0.6) is 0 Å². The lowest BCUT2D eigenvalue weighted by molar-refractivity contribution is 1.22. The third kappa shape index (κ3) is 4.98. The highest BCUT2D eigenvalue weighted by atomic mass is 14.1. The Balaban J connectivity index is 2.54. The van der Waals surface area contributed by atoms with E-state index in [9.17, 15) is 0 Å². The molecule has 23 heavy (non-hydrogen) atoms. The Morgan fingerprint density at radius 2 is 1.43 bits per heavy atom. The van der Waals surface area contributed by atoms with Crippen LogP contribution in [0.25, 0.3) is 11.1 Å². The van der Waals surface area contributed by atoms with Crippen LogP contribution in [0.1, 0.15) is 38.3 Å². The van der Waals surface area contributed by atoms with E-state index >= 15 is 0 Å². The summed E-state index contributed by atoms with van der Waals surface area (Å²) in [4.78, 5) is 0. The second-order valence-corrected chi connectivity index (χ2v) is 5.55. The Morgan fingerprint density at radius 1 is 0.870 bits per heavy atom. The molecule has 0 fully saturated rings. The molecular formula is C23H24. The van der Waals surface area contributed by atoms with Gasteiger partial charge in [0.2, 0.25) is 0 Å². The molecule has 0 aromatic heterocycles. The summed E-state index contributed by atoms with van der Waals surface area (Å²) in [6.45, 7) is 6.40. The third-order valence-electron chi connectivity index (χ3n) is 3.74. The van der Waals surface area contributed by atoms with Gasteiger partial charge < -0.3 is 0 Å². The zero-order valence-corrected chi connectivity index (χ0v) is 14.2. The summed E-state index contributed by atoms with van der Waals surface area (Å²) in [6, 6.07) is 21.0. The van der Waals surface area contributed by atoms with Gasteiger partial charge in [0.15, 0.2) is 0 Å². The molecular weight excluding hydrogens is 276 g/mol. The minimum atomic E-state index is 1.05. The maximum absolute atomic E-state index is 3.41. The van der Waals surface area contributed by atoms with Gasteiger partial charge in [-0.15, -0.1) is 5.73 Å². The summed E-state index contributed by atoms with van der Waals surface area (Å²) < 4.78 is 0. The van der Waals surface area contributed by atoms with Crippen LogP contribution >= 0.6 is 0 Å². The number of allylic oxidation sites excluding steroid dienone is 5. The van der Waals surface area contributed by atoms with Crippen LogP contribution in [-0.2, 0) is 0 Å². The summed E-state index contributed by atoms with van der Waals surface area (Å²) in [7, 11) is 0. The molecule has 116 valence electrons. The van der Waals surface area contributed by atoms with Crippen LogP contribution in [-0.4, -0.2) is 0 Å². The number of hydrogen-bond donors (Lipinski definition) is 0. The summed E-state index contributed by atoms with van der Waals surface area (Å²) >= 11 is 0. The molecule has 0 bridgehead atoms. The lowest BCUT2D eigenvalue weighted by atomic mass is 9.95. The quantitative estimate of drug-likeness (QED) is 0.328. The van der Waals surface area contributed by atoms with E-state index in [1.165, 1.54) is 22.3 Å². The lowest BCUT2D eigenvalue weighted by Gasteiger charge is -2.09. The first-order chi connectivity index (χ1) is 11.2. The third-order valence-corrected chi connectivity index (χ3v) is 3.74. The standard InChI is InChI=1S/C23H24/c1-4-5-12-19(2)17-18-23(22-15-10-7-11-16-22)20(3)21-13-8-6-9-14-21/h5-16,18H,4H2,1-3H3. The van der Waals surface area contributed by atoms with E-state index in [4.69, 9.17) is 0 Å². The molecule has 0 saturated carbocycles. The smallest absolute Gasteiger partial charge is 0.00714 e. The van der Waals surface area contributed by atoms with Crippen molar-refractivity contribution in [3.05, 3.63) is 101 Å². The van der Waals surface area contributed by atoms with Crippen LogP contribution in [0.15, 0.2) is 90.2 Å². The molecule has 0 aliphatic carbocycles. The molecule has 0 unspecified atom stereocenters. The van der Waals surface area contributed by atoms with Gasteiger partial charge >= 0.3 is 0 Å². The molecule has 0 amide bonds. The molecule has 2 rings (SSSR count). The zero-order valence-electron chi connectivity index (χ0n) is 14.2. The highest BCUT2D eigenvalue weighted by molar-refractivity contribution is 5.94. The van der Waals surface area contributed by atoms with Crippen molar-refractivity contribution >= 4 is 11.1 Å². The van der Waals surface area contributed by atoms with Crippen molar-refractivity contribution in [1.29, 1.82) is 0 Å². The predicted molar refractivity (Wildman–Crippen MR) is 102 cm³/mol. The first-order valence-electron chi connectivity index (χ1n) is 8.14. The van der Waals surface area contributed by atoms with Gasteiger partial charge in [0.05, 0.1) is 0 Å². The number of benzene rings is 2. The maximum Gasteiger partial charge on any atom is -0.00714 e. The number of rotatable bonds is 5. The zero-order chi connectivity index (χ0) is 16.5. The average Bonchev–Trinajstić information content (AvgIpc) is 2.61. The first-order valence-corrected chi connectivity index (χ1v) is 8.14. The second-order valence-electron chi connectivity index (χ2n) is 5.55. The van der Waals surface area contributed by atoms with E-state index in [-0.39, 0.29) is 0 Å². The van der Waals surface area contributed by atoms with Crippen molar-refractivity contribution in [2.75, 3.05) is 0 Å². The van der Waals surface area contributed by atoms with Crippen molar-refractivity contribution in [1.82, 2.24) is 0 Å². The molecule has 0 nitrogen and oxygen atoms in total. The van der Waals surface area contributed by atoms with Gasteiger partial charge in [0.25, 0.3) is 0 Å². The van der Waals surface area contributed by atoms with Crippen molar-refractivity contribution < 1.29 is 0 Å². The van der Waals surface area contributed by atoms with Gasteiger partial charge in [0.1, 0.15) is 0 Å². The van der Waals surface area contributed by atoms with Crippen LogP contribution < -0.4 is 0 Å². The summed E-state index contributed by atoms with van der Waals surface area (Å²) in [6.07, 6.45) is 7.43. The van der Waals surface area contributed by atoms with E-state index in [0.717, 1.165) is 12.0 Å². The van der Waals surface area contributed by atoms with Gasteiger partial charge in [-0.3, -0.25) is 0 Å². The fourth-order valence-electron chi connectivity index (χ4n) is 2.40. The van der Waals surface area contributed by atoms with Gasteiger partial charge in [-0.1, -0.05) is 79.7 Å². The van der Waals surface area contributed by atoms with Crippen molar-refractivity contribution in [2.24, 2.45) is 0 Å². The minimum Gasteiger partial charge on any atom is -0.117 e. The van der Waals surface area contributed by atoms with Gasteiger partial charge in [-0.25, -0.2) is 0 Å². The van der Waals surface area contributed by atoms with Crippen LogP contribution in [0, 0.1) is 0 Å². The van der Waals surface area contributed by atoms with Gasteiger partial charge in [-0.05, 0) is 54.2 Å². The predicted octanol–water partition coefficient (Wildman–Crippen LogP) is 6.68. The molecule has 0 heteroatoms. The fraction of sp³-hybridized carbons (Fsp3) is 0.174. The molecule has 0 heterocycles. The van der Waals surface area contributed by atoms with E-state index in [1.54, 1.807) is 0 Å². The highest BCUT2D eigenvalue weighted by Crippen LogP contribution is 2.26. The van der Waals surface area contributed by atoms with E-state index < -0.39 is 0 Å². The Bertz CT molecular complexity index is 737. The number of hydrogen-bond acceptors (Lipinski definition) is 0. The van der Waals surface area contributed by atoms with E-state index in [2.05, 4.69) is 99.3 Å². The van der Waals surface area contributed by atoms with Crippen molar-refractivity contribution in [3.63, 3.8) is 0 Å². The van der Waals surface area contributed by atoms with Crippen LogP contribution in [0.2, 0.25) is 0 Å². The Hall–Kier alpha value is -2.56. The largest absolute Gasteiger partial charge is 0.117 e. The summed E-state index contributed by atoms with van der Waals surface area (Å²) in [5.41, 5.74) is 9.48. The topological polar surface area (TPSA) is 0 Å². The van der Waals surface area contributed by atoms with Gasteiger partial charge in [-0.2, -0.15) is 0 Å². The Morgan fingerprint density at radius 3 is 2.00 bits per heavy atom. The Labute approximate surface area is 140 Å². The maximum atomic E-state index is 3.41. The monoisotopic (exact) mass is 300 g/mol. The molecule has 0 N–H and O–H groups in total. The summed E-state index contributed by atoms with van der Waals surface area (Å²) in [5.74, 6) is 0. The first kappa shape index (κ1) is 16.8. The molecule has 0 saturated heterocycles. The van der Waals surface area contributed by atoms with Crippen molar-refractivity contribution in [3.8, 4) is 0 Å². The van der Waals surface area contributed by atoms with E-state index in [1.807, 2.05) is 6.07 Å². The molecule has 0 aliphatic heterocycles. The normalized spacial score (nSPS) is 11.8. The van der Waals surface area contributed by atoms with Crippen LogP contribution in [0.4, 0.5) is 0 Å². The lowest BCUT2D eigenvalue weighted by Crippen LogP contribution is -1.87. The average molecular weight is 300 g/mol. The Kier molecular flexibility index (Phi) is 6.41. The molecule has 0 spiro atoms. The van der Waals surface area contributed by atoms with Gasteiger partial charge in [0, 0.05) is 0 Å². The summed E-state index contributed by atoms with van der Waals surface area (Å²) in [5, 5.41) is 0. The second kappa shape index (κ2) is 8.78. The molecule has 2 aromatic rings. The van der Waals surface area contributed by atoms with E-state index in [0.29, 0.717) is 0 Å². The molecule has 0 radical (unpaired) electrons. The molecule has 2 aromatic carbocycles. The minimum absolute atomic E-state index is 1.05. The van der Waals surface area contributed by atoms with Crippen LogP contribution in [0.3, 0.4) is 0 Å². The fourth-order valence-corrected chi connectivity index (χ4v) is 2.40. The molecule has 0 atom stereocenters.